The number of hydrogen-bond donors (Lipinski definition) is 1. The number of anilines is 1. The number of aromatic nitrogens is 3. The third-order valence-electron chi connectivity index (χ3n) is 6.60. The first kappa shape index (κ1) is 35.0. The average Bonchev–Trinajstić information content (AvgIpc) is 3.59. The summed E-state index contributed by atoms with van der Waals surface area (Å²) in [6, 6.07) is 28.4. The molecule has 224 valence electrons. The Labute approximate surface area is 285 Å². The first-order valence-corrected chi connectivity index (χ1v) is 13.7. The fourth-order valence-electron chi connectivity index (χ4n) is 4.76. The Morgan fingerprint density at radius 3 is 1.98 bits per heavy atom. The van der Waals surface area contributed by atoms with Gasteiger partial charge in [-0.05, 0) is 59.3 Å². The van der Waals surface area contributed by atoms with Gasteiger partial charge in [0.15, 0.2) is 0 Å². The standard InChI is InChI=1S/C16H12N2O.C14H12N2O.C2H3ClO.CH2O3.Na/c1-19-11-6-7-12-13-4-2-3-5-15(13)18-9-8-17-16(18)14(12)10-11;1-17-9-6-7-10-11-4-2-3-5-13(11)16-14(15)12(10)8-9;3-1-2-4;2-1-4-3;/h2-10H,1H3;2-8H,1H3,(H2,15,16);2H,1H2;1,3H;/q;;;;+1/p-1. The Bertz CT molecular complexity index is 2050. The van der Waals surface area contributed by atoms with Crippen LogP contribution in [-0.2, 0) is 14.5 Å². The smallest absolute Gasteiger partial charge is 0.662 e. The topological polar surface area (TPSA) is 141 Å². The maximum atomic E-state index is 9.04. The number of nitrogens with two attached hydrogens (primary N) is 1. The summed E-state index contributed by atoms with van der Waals surface area (Å²) in [5.41, 5.74) is 9.04. The van der Waals surface area contributed by atoms with E-state index < -0.39 is 0 Å². The molecule has 0 aliphatic carbocycles. The summed E-state index contributed by atoms with van der Waals surface area (Å²) in [6.45, 7) is -0.181. The van der Waals surface area contributed by atoms with Crippen LogP contribution in [0, 0.1) is 0 Å². The van der Waals surface area contributed by atoms with Gasteiger partial charge in [0.05, 0.1) is 31.1 Å². The molecular weight excluding hydrogens is 607 g/mol. The molecule has 3 heterocycles. The third-order valence-corrected chi connectivity index (χ3v) is 6.73. The minimum Gasteiger partial charge on any atom is -0.662 e. The summed E-state index contributed by atoms with van der Waals surface area (Å²) in [7, 11) is 3.33. The van der Waals surface area contributed by atoms with Crippen molar-refractivity contribution >= 4 is 79.2 Å². The van der Waals surface area contributed by atoms with Crippen molar-refractivity contribution in [2.45, 2.75) is 0 Å². The second-order valence-electron chi connectivity index (χ2n) is 8.99. The molecule has 0 amide bonds. The number of methoxy groups -OCH3 is 2. The number of hydrogen-bond acceptors (Lipinski definition) is 9. The molecular formula is C33H28ClN4NaO6. The average molecular weight is 635 g/mol. The quantitative estimate of drug-likeness (QED) is 0.0772. The number of benzene rings is 4. The number of rotatable bonds is 4. The van der Waals surface area contributed by atoms with Crippen LogP contribution >= 0.6 is 11.6 Å². The van der Waals surface area contributed by atoms with E-state index in [0.29, 0.717) is 12.1 Å². The molecule has 45 heavy (non-hydrogen) atoms. The van der Waals surface area contributed by atoms with Gasteiger partial charge in [-0.25, -0.2) is 9.97 Å². The van der Waals surface area contributed by atoms with Crippen LogP contribution in [0.2, 0.25) is 0 Å². The van der Waals surface area contributed by atoms with Crippen LogP contribution in [0.3, 0.4) is 0 Å². The molecule has 0 fully saturated rings. The van der Waals surface area contributed by atoms with Crippen molar-refractivity contribution in [2.24, 2.45) is 0 Å². The molecule has 0 unspecified atom stereocenters. The molecule has 0 bridgehead atoms. The summed E-state index contributed by atoms with van der Waals surface area (Å²) in [4.78, 5) is 29.2. The second kappa shape index (κ2) is 17.1. The molecule has 10 nitrogen and oxygen atoms in total. The van der Waals surface area contributed by atoms with E-state index in [9.17, 15) is 0 Å². The maximum absolute atomic E-state index is 9.04. The number of alkyl halides is 1. The van der Waals surface area contributed by atoms with Gasteiger partial charge in [-0.2, -0.15) is 0 Å². The number of aldehydes is 1. The predicted molar refractivity (Wildman–Crippen MR) is 171 cm³/mol. The molecule has 12 heteroatoms. The van der Waals surface area contributed by atoms with E-state index in [4.69, 9.17) is 41.7 Å². The maximum Gasteiger partial charge on any atom is 1.00 e. The van der Waals surface area contributed by atoms with Gasteiger partial charge < -0.3 is 30.1 Å². The molecule has 0 spiro atoms. The first-order chi connectivity index (χ1) is 21.5. The molecule has 3 aromatic heterocycles. The molecule has 7 aromatic rings. The van der Waals surface area contributed by atoms with Crippen molar-refractivity contribution in [1.29, 1.82) is 0 Å². The van der Waals surface area contributed by atoms with Crippen LogP contribution in [0.5, 0.6) is 11.5 Å². The molecule has 2 N–H and O–H groups in total. The normalized spacial score (nSPS) is 9.96. The number of nitrogen functional groups attached to an aromatic ring is 1. The van der Waals surface area contributed by atoms with Gasteiger partial charge in [-0.1, -0.05) is 36.4 Å². The summed E-state index contributed by atoms with van der Waals surface area (Å²) in [5.74, 6) is 2.30. The van der Waals surface area contributed by atoms with Crippen LogP contribution in [0.4, 0.5) is 5.82 Å². The number of ether oxygens (including phenoxy) is 2. The zero-order valence-corrected chi connectivity index (χ0v) is 27.6. The van der Waals surface area contributed by atoms with E-state index in [0.717, 1.165) is 44.2 Å². The minimum atomic E-state index is -0.181. The summed E-state index contributed by atoms with van der Waals surface area (Å²) < 4.78 is 12.7. The number of halogens is 1. The monoisotopic (exact) mass is 634 g/mol. The van der Waals surface area contributed by atoms with Crippen LogP contribution in [-0.4, -0.2) is 47.2 Å². The van der Waals surface area contributed by atoms with Crippen molar-refractivity contribution < 1.29 is 58.8 Å². The van der Waals surface area contributed by atoms with Crippen molar-refractivity contribution in [2.75, 3.05) is 25.8 Å². The van der Waals surface area contributed by atoms with Crippen LogP contribution < -0.4 is 50.0 Å². The zero-order chi connectivity index (χ0) is 31.5. The van der Waals surface area contributed by atoms with E-state index in [1.54, 1.807) is 14.2 Å². The molecule has 0 atom stereocenters. The number of pyridine rings is 2. The molecule has 4 aromatic carbocycles. The number of nitrogens with zero attached hydrogens (tertiary/aromatic N) is 3. The Morgan fingerprint density at radius 1 is 0.822 bits per heavy atom. The fraction of sp³-hybridized carbons (Fsp3) is 0.0909. The second-order valence-corrected chi connectivity index (χ2v) is 9.30. The molecule has 0 aliphatic heterocycles. The zero-order valence-electron chi connectivity index (χ0n) is 24.8. The molecule has 0 aliphatic rings. The van der Waals surface area contributed by atoms with Gasteiger partial charge in [0.1, 0.15) is 29.3 Å². The van der Waals surface area contributed by atoms with Crippen molar-refractivity contribution in [1.82, 2.24) is 14.4 Å². The van der Waals surface area contributed by atoms with Crippen molar-refractivity contribution in [3.8, 4) is 11.5 Å². The number of fused-ring (bicyclic) bond motifs is 9. The van der Waals surface area contributed by atoms with Crippen LogP contribution in [0.25, 0.3) is 49.0 Å². The third kappa shape index (κ3) is 7.99. The van der Waals surface area contributed by atoms with Gasteiger partial charge in [0, 0.05) is 33.9 Å². The van der Waals surface area contributed by atoms with E-state index in [1.807, 2.05) is 60.9 Å². The number of carbonyl (C=O) groups is 2. The molecule has 7 rings (SSSR count). The van der Waals surface area contributed by atoms with E-state index in [2.05, 4.69) is 55.7 Å². The Morgan fingerprint density at radius 2 is 1.38 bits per heavy atom. The van der Waals surface area contributed by atoms with E-state index >= 15 is 0 Å². The van der Waals surface area contributed by atoms with Gasteiger partial charge in [-0.15, -0.1) is 11.6 Å². The Kier molecular flexibility index (Phi) is 13.3. The summed E-state index contributed by atoms with van der Waals surface area (Å²) >= 11 is 4.82. The van der Waals surface area contributed by atoms with E-state index in [1.165, 1.54) is 16.3 Å². The summed E-state index contributed by atoms with van der Waals surface area (Å²) in [6.07, 6.45) is 4.47. The van der Waals surface area contributed by atoms with Crippen molar-refractivity contribution in [3.05, 3.63) is 97.3 Å². The van der Waals surface area contributed by atoms with E-state index in [-0.39, 0.29) is 41.9 Å². The van der Waals surface area contributed by atoms with Gasteiger partial charge in [0.2, 0.25) is 0 Å². The molecule has 0 saturated heterocycles. The number of imidazole rings is 1. The van der Waals surface area contributed by atoms with Gasteiger partial charge >= 0.3 is 29.6 Å². The SMILES string of the molecule is COc1ccc2c(c1)c(N)nc1ccccc12.COc1ccc2c3ccccc3n3ccnc3c2c1.O=CCCl.O=CO[O-].[Na+]. The number of carbonyl (C=O) groups excluding carboxylic acids is 2. The van der Waals surface area contributed by atoms with Crippen molar-refractivity contribution in [3.63, 3.8) is 0 Å². The molecule has 0 saturated carbocycles. The minimum absolute atomic E-state index is 0. The first-order valence-electron chi connectivity index (χ1n) is 13.2. The van der Waals surface area contributed by atoms with Gasteiger partial charge in [-0.3, -0.25) is 9.20 Å². The van der Waals surface area contributed by atoms with Crippen LogP contribution in [0.15, 0.2) is 97.3 Å². The molecule has 0 radical (unpaired) electrons. The Hall–Kier alpha value is -4.45. The largest absolute Gasteiger partial charge is 1.00 e. The van der Waals surface area contributed by atoms with Gasteiger partial charge in [0.25, 0.3) is 6.47 Å². The predicted octanol–water partition coefficient (Wildman–Crippen LogP) is 2.49. The fourth-order valence-corrected chi connectivity index (χ4v) is 4.76. The van der Waals surface area contributed by atoms with Crippen LogP contribution in [0.1, 0.15) is 0 Å². The Balaban J connectivity index is 0.000000196. The number of para-hydroxylation sites is 2. The summed E-state index contributed by atoms with van der Waals surface area (Å²) in [5, 5.41) is 15.1.